The highest BCUT2D eigenvalue weighted by Crippen LogP contribution is 2.29. The van der Waals surface area contributed by atoms with Gasteiger partial charge in [0.25, 0.3) is 0 Å². The maximum absolute atomic E-state index is 14.1. The highest BCUT2D eigenvalue weighted by molar-refractivity contribution is 9.10. The number of nitrogens with one attached hydrogen (secondary N) is 1. The van der Waals surface area contributed by atoms with Crippen LogP contribution in [0.25, 0.3) is 0 Å². The van der Waals surface area contributed by atoms with Crippen molar-refractivity contribution in [2.45, 2.75) is 19.4 Å². The topological polar surface area (TPSA) is 35.8 Å². The number of aryl methyl sites for hydroxylation is 1. The largest absolute Gasteiger partial charge is 0.364 e. The molecule has 0 spiro atoms. The minimum atomic E-state index is -1.12. The predicted octanol–water partition coefficient (Wildman–Crippen LogP) is 4.75. The van der Waals surface area contributed by atoms with Crippen LogP contribution in [0.1, 0.15) is 18.1 Å². The van der Waals surface area contributed by atoms with Crippen LogP contribution in [0.5, 0.6) is 0 Å². The molecular weight excluding hydrogens is 319 g/mol. The average Bonchev–Trinajstić information content (AvgIpc) is 2.41. The van der Waals surface area contributed by atoms with Crippen LogP contribution >= 0.6 is 15.9 Å². The Hall–Kier alpha value is -1.86. The third-order valence-electron chi connectivity index (χ3n) is 3.14. The zero-order valence-corrected chi connectivity index (χ0v) is 12.8. The van der Waals surface area contributed by atoms with E-state index in [-0.39, 0.29) is 0 Å². The van der Waals surface area contributed by atoms with Gasteiger partial charge in [0.1, 0.15) is 5.82 Å². The first kappa shape index (κ1) is 14.5. The van der Waals surface area contributed by atoms with E-state index >= 15 is 0 Å². The Morgan fingerprint density at radius 1 is 1.20 bits per heavy atom. The number of hydrogen-bond donors (Lipinski definition) is 1. The molecule has 2 nitrogen and oxygen atoms in total. The van der Waals surface area contributed by atoms with Crippen molar-refractivity contribution < 1.29 is 4.39 Å². The summed E-state index contributed by atoms with van der Waals surface area (Å²) in [6.07, 6.45) is 0. The molecule has 0 aliphatic carbocycles. The molecule has 0 aliphatic heterocycles. The summed E-state index contributed by atoms with van der Waals surface area (Å²) in [6, 6.07) is 14.5. The summed E-state index contributed by atoms with van der Waals surface area (Å²) in [6.45, 7) is 3.65. The van der Waals surface area contributed by atoms with Crippen molar-refractivity contribution in [1.29, 1.82) is 5.26 Å². The summed E-state index contributed by atoms with van der Waals surface area (Å²) in [4.78, 5) is 0. The lowest BCUT2D eigenvalue weighted by molar-refractivity contribution is 0.570. The van der Waals surface area contributed by atoms with E-state index in [2.05, 4.69) is 27.3 Å². The maximum Gasteiger partial charge on any atom is 0.151 e. The van der Waals surface area contributed by atoms with Crippen molar-refractivity contribution in [3.8, 4) is 6.07 Å². The molecule has 2 aromatic rings. The average molecular weight is 333 g/mol. The lowest BCUT2D eigenvalue weighted by Crippen LogP contribution is -2.31. The molecule has 0 heterocycles. The second-order valence-corrected chi connectivity index (χ2v) is 5.77. The molecule has 20 heavy (non-hydrogen) atoms. The van der Waals surface area contributed by atoms with Gasteiger partial charge in [-0.25, -0.2) is 4.39 Å². The minimum absolute atomic E-state index is 0.323. The van der Waals surface area contributed by atoms with Crippen LogP contribution in [-0.4, -0.2) is 0 Å². The van der Waals surface area contributed by atoms with Crippen molar-refractivity contribution in [3.05, 3.63) is 63.9 Å². The van der Waals surface area contributed by atoms with Gasteiger partial charge in [0.15, 0.2) is 5.54 Å². The monoisotopic (exact) mass is 332 g/mol. The van der Waals surface area contributed by atoms with Crippen LogP contribution in [0, 0.1) is 24.1 Å². The lowest BCUT2D eigenvalue weighted by atomic mass is 9.92. The first-order chi connectivity index (χ1) is 9.44. The molecule has 2 rings (SSSR count). The third kappa shape index (κ3) is 3.00. The van der Waals surface area contributed by atoms with Crippen LogP contribution in [0.15, 0.2) is 46.9 Å². The summed E-state index contributed by atoms with van der Waals surface area (Å²) in [5.41, 5.74) is 1.11. The molecule has 1 N–H and O–H groups in total. The van der Waals surface area contributed by atoms with Crippen molar-refractivity contribution >= 4 is 21.6 Å². The molecule has 102 valence electrons. The van der Waals surface area contributed by atoms with Crippen molar-refractivity contribution in [1.82, 2.24) is 0 Å². The summed E-state index contributed by atoms with van der Waals surface area (Å²) in [7, 11) is 0. The van der Waals surface area contributed by atoms with Gasteiger partial charge in [-0.3, -0.25) is 0 Å². The van der Waals surface area contributed by atoms with Gasteiger partial charge in [-0.05, 0) is 38.1 Å². The molecule has 0 radical (unpaired) electrons. The van der Waals surface area contributed by atoms with Gasteiger partial charge in [0.05, 0.1) is 6.07 Å². The SMILES string of the molecule is Cc1ccc(NC(C)(C#N)c2ccc(Br)cc2F)cc1. The molecule has 1 atom stereocenters. The van der Waals surface area contributed by atoms with Crippen molar-refractivity contribution in [2.24, 2.45) is 0 Å². The van der Waals surface area contributed by atoms with E-state index in [1.54, 1.807) is 19.1 Å². The molecule has 2 aromatic carbocycles. The van der Waals surface area contributed by atoms with E-state index in [0.717, 1.165) is 11.3 Å². The minimum Gasteiger partial charge on any atom is -0.364 e. The van der Waals surface area contributed by atoms with Crippen molar-refractivity contribution in [2.75, 3.05) is 5.32 Å². The Morgan fingerprint density at radius 3 is 2.40 bits per heavy atom. The first-order valence-electron chi connectivity index (χ1n) is 6.16. The molecule has 0 amide bonds. The summed E-state index contributed by atoms with van der Waals surface area (Å²) >= 11 is 3.22. The fraction of sp³-hybridized carbons (Fsp3) is 0.188. The summed E-state index contributed by atoms with van der Waals surface area (Å²) in [5.74, 6) is -0.414. The highest BCUT2D eigenvalue weighted by Gasteiger charge is 2.29. The fourth-order valence-electron chi connectivity index (χ4n) is 1.98. The number of nitriles is 1. The number of benzene rings is 2. The summed E-state index contributed by atoms with van der Waals surface area (Å²) < 4.78 is 14.7. The normalized spacial score (nSPS) is 13.3. The lowest BCUT2D eigenvalue weighted by Gasteiger charge is -2.25. The number of hydrogen-bond acceptors (Lipinski definition) is 2. The zero-order chi connectivity index (χ0) is 14.8. The summed E-state index contributed by atoms with van der Waals surface area (Å²) in [5, 5.41) is 12.5. The Balaban J connectivity index is 2.38. The second kappa shape index (κ2) is 5.64. The first-order valence-corrected chi connectivity index (χ1v) is 6.95. The molecule has 0 fully saturated rings. The van der Waals surface area contributed by atoms with Gasteiger partial charge >= 0.3 is 0 Å². The number of halogens is 2. The Morgan fingerprint density at radius 2 is 1.85 bits per heavy atom. The van der Waals surface area contributed by atoms with Crippen LogP contribution in [0.4, 0.5) is 10.1 Å². The van der Waals surface area contributed by atoms with E-state index in [1.807, 2.05) is 31.2 Å². The molecule has 0 bridgehead atoms. The Bertz CT molecular complexity index is 661. The van der Waals surface area contributed by atoms with Gasteiger partial charge in [-0.2, -0.15) is 5.26 Å². The molecule has 0 saturated heterocycles. The van der Waals surface area contributed by atoms with E-state index < -0.39 is 11.4 Å². The Kier molecular flexibility index (Phi) is 4.10. The molecule has 0 aromatic heterocycles. The van der Waals surface area contributed by atoms with Gasteiger partial charge in [-0.15, -0.1) is 0 Å². The number of rotatable bonds is 3. The molecule has 0 saturated carbocycles. The Labute approximate surface area is 126 Å². The van der Waals surface area contributed by atoms with Gasteiger partial charge in [-0.1, -0.05) is 39.7 Å². The standard InChI is InChI=1S/C16H14BrFN2/c1-11-3-6-13(7-4-11)20-16(2,10-19)14-8-5-12(17)9-15(14)18/h3-9,20H,1-2H3. The smallest absolute Gasteiger partial charge is 0.151 e. The number of anilines is 1. The number of nitrogens with zero attached hydrogens (tertiary/aromatic N) is 1. The van der Waals surface area contributed by atoms with Crippen LogP contribution in [0.3, 0.4) is 0 Å². The predicted molar refractivity (Wildman–Crippen MR) is 81.9 cm³/mol. The molecule has 4 heteroatoms. The highest BCUT2D eigenvalue weighted by atomic mass is 79.9. The van der Waals surface area contributed by atoms with E-state index in [9.17, 15) is 9.65 Å². The third-order valence-corrected chi connectivity index (χ3v) is 3.63. The fourth-order valence-corrected chi connectivity index (χ4v) is 2.31. The van der Waals surface area contributed by atoms with Crippen LogP contribution in [0.2, 0.25) is 0 Å². The van der Waals surface area contributed by atoms with Crippen LogP contribution < -0.4 is 5.32 Å². The quantitative estimate of drug-likeness (QED) is 0.880. The molecule has 1 unspecified atom stereocenters. The van der Waals surface area contributed by atoms with Crippen LogP contribution in [-0.2, 0) is 5.54 Å². The van der Waals surface area contributed by atoms with E-state index in [4.69, 9.17) is 0 Å². The molecular formula is C16H14BrFN2. The second-order valence-electron chi connectivity index (χ2n) is 4.85. The maximum atomic E-state index is 14.1. The molecule has 0 aliphatic rings. The van der Waals surface area contributed by atoms with E-state index in [0.29, 0.717) is 10.0 Å². The van der Waals surface area contributed by atoms with E-state index in [1.165, 1.54) is 6.07 Å². The van der Waals surface area contributed by atoms with Gasteiger partial charge in [0.2, 0.25) is 0 Å². The van der Waals surface area contributed by atoms with Gasteiger partial charge < -0.3 is 5.32 Å². The zero-order valence-electron chi connectivity index (χ0n) is 11.2. The van der Waals surface area contributed by atoms with Gasteiger partial charge in [0, 0.05) is 15.7 Å². The van der Waals surface area contributed by atoms with Crippen molar-refractivity contribution in [3.63, 3.8) is 0 Å².